The summed E-state index contributed by atoms with van der Waals surface area (Å²) >= 11 is 0. The topological polar surface area (TPSA) is 65.1 Å². The molecular weight excluding hydrogens is 400 g/mol. The van der Waals surface area contributed by atoms with Gasteiger partial charge in [-0.3, -0.25) is 10.1 Å². The Hall–Kier alpha value is -2.99. The summed E-state index contributed by atoms with van der Waals surface area (Å²) in [6.07, 6.45) is 0.820. The largest absolute Gasteiger partial charge is 0.366 e. The number of carbonyl (C=O) groups is 1. The molecule has 2 aliphatic rings. The monoisotopic (exact) mass is 428 g/mol. The van der Waals surface area contributed by atoms with Crippen molar-refractivity contribution in [3.63, 3.8) is 0 Å². The molecule has 2 saturated heterocycles. The van der Waals surface area contributed by atoms with Crippen molar-refractivity contribution in [1.82, 2.24) is 10.2 Å². The number of nitrogens with one attached hydrogen (secondary N) is 1. The van der Waals surface area contributed by atoms with E-state index in [1.165, 1.54) is 0 Å². The normalized spacial score (nSPS) is 22.7. The first-order valence-electron chi connectivity index (χ1n) is 11.2. The van der Waals surface area contributed by atoms with E-state index >= 15 is 0 Å². The summed E-state index contributed by atoms with van der Waals surface area (Å²) in [6.45, 7) is 0.880. The van der Waals surface area contributed by atoms with Gasteiger partial charge in [0.15, 0.2) is 6.29 Å². The molecule has 0 radical (unpaired) electrons. The van der Waals surface area contributed by atoms with Crippen molar-refractivity contribution in [2.45, 2.75) is 36.8 Å². The number of epoxide rings is 1. The van der Waals surface area contributed by atoms with Crippen LogP contribution in [0.5, 0.6) is 0 Å². The maximum atomic E-state index is 13.4. The summed E-state index contributed by atoms with van der Waals surface area (Å²) in [6, 6.07) is 30.8. The molecule has 0 saturated carbocycles. The summed E-state index contributed by atoms with van der Waals surface area (Å²) in [5.41, 5.74) is 2.54. The standard InChI is InChI=1S/C27H28N2O3/c30-24(29-18-10-17-23(29)25-26(31)32-25)19-28-27(20-11-4-1-5-12-20,21-13-6-2-7-14-21)22-15-8-3-9-16-22/h1-9,11-16,23,25-26,28,31H,10,17-19H2/t23-,25?,26?/m0/s1. The lowest BCUT2D eigenvalue weighted by molar-refractivity contribution is -0.131. The molecule has 5 heteroatoms. The number of likely N-dealkylation sites (tertiary alicyclic amines) is 1. The van der Waals surface area contributed by atoms with Gasteiger partial charge in [-0.05, 0) is 29.5 Å². The number of aliphatic hydroxyl groups is 1. The average molecular weight is 429 g/mol. The molecule has 2 N–H and O–H groups in total. The van der Waals surface area contributed by atoms with Crippen LogP contribution in [0.25, 0.3) is 0 Å². The molecule has 2 unspecified atom stereocenters. The van der Waals surface area contributed by atoms with Crippen LogP contribution in [0.15, 0.2) is 91.0 Å². The third kappa shape index (κ3) is 3.84. The van der Waals surface area contributed by atoms with E-state index in [2.05, 4.69) is 41.7 Å². The maximum Gasteiger partial charge on any atom is 0.236 e. The highest BCUT2D eigenvalue weighted by atomic mass is 16.7. The predicted molar refractivity (Wildman–Crippen MR) is 123 cm³/mol. The van der Waals surface area contributed by atoms with Crippen LogP contribution in [-0.2, 0) is 15.1 Å². The first-order valence-corrected chi connectivity index (χ1v) is 11.2. The van der Waals surface area contributed by atoms with E-state index < -0.39 is 11.8 Å². The van der Waals surface area contributed by atoms with Gasteiger partial charge in [-0.25, -0.2) is 0 Å². The van der Waals surface area contributed by atoms with Crippen molar-refractivity contribution in [3.8, 4) is 0 Å². The highest BCUT2D eigenvalue weighted by Crippen LogP contribution is 2.37. The van der Waals surface area contributed by atoms with E-state index in [9.17, 15) is 9.90 Å². The van der Waals surface area contributed by atoms with E-state index in [1.807, 2.05) is 59.5 Å². The lowest BCUT2D eigenvalue weighted by Gasteiger charge is -2.37. The van der Waals surface area contributed by atoms with Crippen LogP contribution in [0, 0.1) is 0 Å². The lowest BCUT2D eigenvalue weighted by Crippen LogP contribution is -2.51. The van der Waals surface area contributed by atoms with Crippen LogP contribution in [0.1, 0.15) is 29.5 Å². The third-order valence-corrected chi connectivity index (χ3v) is 6.62. The maximum absolute atomic E-state index is 13.4. The van der Waals surface area contributed by atoms with Crippen LogP contribution >= 0.6 is 0 Å². The van der Waals surface area contributed by atoms with Crippen molar-refractivity contribution >= 4 is 5.91 Å². The molecule has 0 aromatic heterocycles. The molecule has 3 aromatic rings. The minimum Gasteiger partial charge on any atom is -0.366 e. The number of hydrogen-bond donors (Lipinski definition) is 2. The fourth-order valence-corrected chi connectivity index (χ4v) is 5.02. The highest BCUT2D eigenvalue weighted by molar-refractivity contribution is 5.79. The van der Waals surface area contributed by atoms with E-state index in [4.69, 9.17) is 4.74 Å². The van der Waals surface area contributed by atoms with Gasteiger partial charge in [-0.1, -0.05) is 91.0 Å². The summed E-state index contributed by atoms with van der Waals surface area (Å²) in [4.78, 5) is 15.2. The van der Waals surface area contributed by atoms with Gasteiger partial charge in [0.25, 0.3) is 0 Å². The number of amides is 1. The minimum absolute atomic E-state index is 0.0300. The molecule has 164 valence electrons. The number of benzene rings is 3. The van der Waals surface area contributed by atoms with Crippen molar-refractivity contribution < 1.29 is 14.6 Å². The molecule has 5 nitrogen and oxygen atoms in total. The molecule has 1 amide bonds. The van der Waals surface area contributed by atoms with Gasteiger partial charge in [-0.15, -0.1) is 0 Å². The lowest BCUT2D eigenvalue weighted by atomic mass is 9.77. The van der Waals surface area contributed by atoms with Gasteiger partial charge in [-0.2, -0.15) is 0 Å². The summed E-state index contributed by atoms with van der Waals surface area (Å²) in [5, 5.41) is 13.4. The van der Waals surface area contributed by atoms with Gasteiger partial charge in [0, 0.05) is 6.54 Å². The average Bonchev–Trinajstić information content (AvgIpc) is 3.38. The van der Waals surface area contributed by atoms with Crippen LogP contribution in [0.4, 0.5) is 0 Å². The number of ether oxygens (including phenoxy) is 1. The SMILES string of the molecule is O=C(CNC(c1ccccc1)(c1ccccc1)c1ccccc1)N1CCC[C@H]1C1OC1O. The number of hydrogen-bond acceptors (Lipinski definition) is 4. The van der Waals surface area contributed by atoms with Crippen molar-refractivity contribution in [1.29, 1.82) is 0 Å². The fraction of sp³-hybridized carbons (Fsp3) is 0.296. The molecule has 2 fully saturated rings. The second-order valence-electron chi connectivity index (χ2n) is 8.49. The van der Waals surface area contributed by atoms with E-state index in [0.717, 1.165) is 29.5 Å². The Morgan fingerprint density at radius 3 is 1.81 bits per heavy atom. The molecule has 0 spiro atoms. The first kappa shape index (κ1) is 20.9. The molecule has 3 atom stereocenters. The number of aliphatic hydroxyl groups excluding tert-OH is 1. The Morgan fingerprint density at radius 1 is 0.906 bits per heavy atom. The highest BCUT2D eigenvalue weighted by Gasteiger charge is 2.49. The van der Waals surface area contributed by atoms with Gasteiger partial charge in [0.2, 0.25) is 5.91 Å². The van der Waals surface area contributed by atoms with E-state index in [0.29, 0.717) is 6.54 Å². The Labute approximate surface area is 188 Å². The summed E-state index contributed by atoms with van der Waals surface area (Å²) < 4.78 is 5.28. The molecular formula is C27H28N2O3. The summed E-state index contributed by atoms with van der Waals surface area (Å²) in [7, 11) is 0. The Morgan fingerprint density at radius 2 is 1.38 bits per heavy atom. The van der Waals surface area contributed by atoms with Gasteiger partial charge >= 0.3 is 0 Å². The molecule has 5 rings (SSSR count). The molecule has 0 aliphatic carbocycles. The zero-order valence-electron chi connectivity index (χ0n) is 17.9. The predicted octanol–water partition coefficient (Wildman–Crippen LogP) is 3.28. The zero-order valence-corrected chi connectivity index (χ0v) is 17.9. The number of nitrogens with zero attached hydrogens (tertiary/aromatic N) is 1. The molecule has 32 heavy (non-hydrogen) atoms. The second-order valence-corrected chi connectivity index (χ2v) is 8.49. The van der Waals surface area contributed by atoms with E-state index in [-0.39, 0.29) is 24.6 Å². The van der Waals surface area contributed by atoms with Crippen LogP contribution < -0.4 is 5.32 Å². The van der Waals surface area contributed by atoms with Crippen molar-refractivity contribution in [2.24, 2.45) is 0 Å². The summed E-state index contributed by atoms with van der Waals surface area (Å²) in [5.74, 6) is 0.0300. The van der Waals surface area contributed by atoms with Crippen LogP contribution in [-0.4, -0.2) is 47.4 Å². The van der Waals surface area contributed by atoms with E-state index in [1.54, 1.807) is 0 Å². The van der Waals surface area contributed by atoms with Crippen molar-refractivity contribution in [3.05, 3.63) is 108 Å². The minimum atomic E-state index is -0.738. The number of rotatable bonds is 7. The molecule has 2 heterocycles. The second kappa shape index (κ2) is 8.87. The van der Waals surface area contributed by atoms with Crippen LogP contribution in [0.2, 0.25) is 0 Å². The van der Waals surface area contributed by atoms with Gasteiger partial charge < -0.3 is 14.7 Å². The van der Waals surface area contributed by atoms with Crippen molar-refractivity contribution in [2.75, 3.05) is 13.1 Å². The van der Waals surface area contributed by atoms with Gasteiger partial charge in [0.05, 0.1) is 18.1 Å². The fourth-order valence-electron chi connectivity index (χ4n) is 5.02. The molecule has 3 aromatic carbocycles. The third-order valence-electron chi connectivity index (χ3n) is 6.62. The zero-order chi connectivity index (χ0) is 22.0. The number of carbonyl (C=O) groups excluding carboxylic acids is 1. The van der Waals surface area contributed by atoms with Crippen LogP contribution in [0.3, 0.4) is 0 Å². The Kier molecular flexibility index (Phi) is 5.79. The first-order chi connectivity index (χ1) is 15.7. The quantitative estimate of drug-likeness (QED) is 0.448. The molecule has 0 bridgehead atoms. The Balaban J connectivity index is 1.51. The molecule has 2 aliphatic heterocycles. The smallest absolute Gasteiger partial charge is 0.236 e. The van der Waals surface area contributed by atoms with Gasteiger partial charge in [0.1, 0.15) is 6.10 Å². The Bertz CT molecular complexity index is 946.